The van der Waals surface area contributed by atoms with Crippen LogP contribution in [0.2, 0.25) is 0 Å². The number of hydrogen-bond acceptors (Lipinski definition) is 4. The summed E-state index contributed by atoms with van der Waals surface area (Å²) in [5.41, 5.74) is -0.573. The molecule has 0 aromatic rings. The zero-order valence-corrected chi connectivity index (χ0v) is 15.9. The molecule has 7 heteroatoms. The highest BCUT2D eigenvalue weighted by Gasteiger charge is 2.16. The van der Waals surface area contributed by atoms with Crippen molar-refractivity contribution in [2.24, 2.45) is 0 Å². The number of nitrogens with one attached hydrogen (secondary N) is 2. The van der Waals surface area contributed by atoms with Gasteiger partial charge >= 0.3 is 12.1 Å². The Labute approximate surface area is 150 Å². The number of carboxylic acid groups (broad SMARTS) is 1. The van der Waals surface area contributed by atoms with Gasteiger partial charge in [-0.3, -0.25) is 9.59 Å². The molecule has 0 aromatic carbocycles. The van der Waals surface area contributed by atoms with Crippen molar-refractivity contribution >= 4 is 18.0 Å². The molecule has 7 nitrogen and oxygen atoms in total. The van der Waals surface area contributed by atoms with Crippen LogP contribution < -0.4 is 10.6 Å². The minimum Gasteiger partial charge on any atom is -0.481 e. The van der Waals surface area contributed by atoms with E-state index >= 15 is 0 Å². The molecule has 146 valence electrons. The predicted octanol–water partition coefficient (Wildman–Crippen LogP) is 3.22. The summed E-state index contributed by atoms with van der Waals surface area (Å²) < 4.78 is 5.05. The van der Waals surface area contributed by atoms with Crippen molar-refractivity contribution in [3.8, 4) is 0 Å². The van der Waals surface area contributed by atoms with Gasteiger partial charge in [0.25, 0.3) is 0 Å². The molecule has 3 N–H and O–H groups in total. The maximum atomic E-state index is 11.6. The minimum atomic E-state index is -0.719. The van der Waals surface area contributed by atoms with E-state index in [9.17, 15) is 14.4 Å². The van der Waals surface area contributed by atoms with Gasteiger partial charge in [0.05, 0.1) is 6.54 Å². The molecule has 0 radical (unpaired) electrons. The van der Waals surface area contributed by atoms with Crippen LogP contribution in [0.15, 0.2) is 0 Å². The first-order chi connectivity index (χ1) is 11.7. The van der Waals surface area contributed by atoms with Crippen molar-refractivity contribution in [2.45, 2.75) is 84.2 Å². The first-order valence-corrected chi connectivity index (χ1v) is 9.16. The highest BCUT2D eigenvalue weighted by molar-refractivity contribution is 5.82. The molecule has 0 rings (SSSR count). The largest absolute Gasteiger partial charge is 0.481 e. The van der Waals surface area contributed by atoms with Gasteiger partial charge in [0.2, 0.25) is 5.91 Å². The fraction of sp³-hybridized carbons (Fsp3) is 0.833. The second-order valence-electron chi connectivity index (χ2n) is 7.18. The lowest BCUT2D eigenvalue weighted by molar-refractivity contribution is -0.137. The lowest BCUT2D eigenvalue weighted by Gasteiger charge is -2.19. The Morgan fingerprint density at radius 1 is 0.840 bits per heavy atom. The Bertz CT molecular complexity index is 405. The number of carbonyl (C=O) groups excluding carboxylic acids is 2. The van der Waals surface area contributed by atoms with Crippen molar-refractivity contribution in [2.75, 3.05) is 13.1 Å². The summed E-state index contributed by atoms with van der Waals surface area (Å²) in [5, 5.41) is 13.7. The van der Waals surface area contributed by atoms with Gasteiger partial charge in [-0.05, 0) is 33.6 Å². The third-order valence-electron chi connectivity index (χ3n) is 3.43. The number of aliphatic carboxylic acids is 1. The maximum Gasteiger partial charge on any atom is 0.408 e. The van der Waals surface area contributed by atoms with E-state index in [1.165, 1.54) is 0 Å². The summed E-state index contributed by atoms with van der Waals surface area (Å²) in [4.78, 5) is 33.3. The molecule has 0 saturated heterocycles. The molecule has 25 heavy (non-hydrogen) atoms. The Morgan fingerprint density at radius 3 is 1.88 bits per heavy atom. The van der Waals surface area contributed by atoms with Crippen LogP contribution in [0.3, 0.4) is 0 Å². The van der Waals surface area contributed by atoms with Crippen LogP contribution in [0.25, 0.3) is 0 Å². The van der Waals surface area contributed by atoms with Gasteiger partial charge in [-0.2, -0.15) is 0 Å². The van der Waals surface area contributed by atoms with E-state index in [4.69, 9.17) is 9.84 Å². The second kappa shape index (κ2) is 13.5. The fourth-order valence-corrected chi connectivity index (χ4v) is 2.22. The molecule has 0 atom stereocenters. The van der Waals surface area contributed by atoms with Gasteiger partial charge in [0.15, 0.2) is 0 Å². The molecule has 0 spiro atoms. The number of rotatable bonds is 13. The number of hydrogen-bond donors (Lipinski definition) is 3. The number of amides is 2. The summed E-state index contributed by atoms with van der Waals surface area (Å²) in [5.74, 6) is -0.937. The van der Waals surface area contributed by atoms with Gasteiger partial charge in [-0.15, -0.1) is 0 Å². The molecule has 0 aliphatic rings. The van der Waals surface area contributed by atoms with E-state index in [0.29, 0.717) is 6.54 Å². The molecule has 0 aliphatic carbocycles. The summed E-state index contributed by atoms with van der Waals surface area (Å²) in [7, 11) is 0. The Balaban J connectivity index is 3.38. The van der Waals surface area contributed by atoms with Gasteiger partial charge in [0, 0.05) is 13.0 Å². The van der Waals surface area contributed by atoms with E-state index in [-0.39, 0.29) is 18.9 Å². The summed E-state index contributed by atoms with van der Waals surface area (Å²) in [6.45, 7) is 5.83. The number of carbonyl (C=O) groups is 3. The summed E-state index contributed by atoms with van der Waals surface area (Å²) >= 11 is 0. The molecule has 0 saturated carbocycles. The average molecular weight is 358 g/mol. The topological polar surface area (TPSA) is 105 Å². The lowest BCUT2D eigenvalue weighted by atomic mass is 10.1. The Kier molecular flexibility index (Phi) is 12.5. The molecule has 2 amide bonds. The predicted molar refractivity (Wildman–Crippen MR) is 96.4 cm³/mol. The monoisotopic (exact) mass is 358 g/mol. The number of alkyl carbamates (subject to hydrolysis) is 1. The van der Waals surface area contributed by atoms with Crippen molar-refractivity contribution in [3.63, 3.8) is 0 Å². The van der Waals surface area contributed by atoms with Crippen LogP contribution in [0.1, 0.15) is 78.6 Å². The van der Waals surface area contributed by atoms with Crippen LogP contribution in [0, 0.1) is 0 Å². The van der Waals surface area contributed by atoms with Crippen LogP contribution in [-0.4, -0.2) is 41.8 Å². The second-order valence-corrected chi connectivity index (χ2v) is 7.18. The zero-order valence-electron chi connectivity index (χ0n) is 15.9. The van der Waals surface area contributed by atoms with Crippen LogP contribution in [0.5, 0.6) is 0 Å². The minimum absolute atomic E-state index is 0.0781. The third-order valence-corrected chi connectivity index (χ3v) is 3.43. The highest BCUT2D eigenvalue weighted by Crippen LogP contribution is 2.09. The Hall–Kier alpha value is -1.79. The van der Waals surface area contributed by atoms with Gasteiger partial charge in [-0.1, -0.05) is 38.5 Å². The van der Waals surface area contributed by atoms with Crippen molar-refractivity contribution < 1.29 is 24.2 Å². The highest BCUT2D eigenvalue weighted by atomic mass is 16.6. The summed E-state index contributed by atoms with van der Waals surface area (Å²) in [6, 6.07) is 0. The molecule has 0 heterocycles. The SMILES string of the molecule is CC(C)(C)OC(=O)NCC(=O)NCCCCCCCCCCC(=O)O. The van der Waals surface area contributed by atoms with E-state index in [2.05, 4.69) is 10.6 Å². The molecular formula is C18H34N2O5. The van der Waals surface area contributed by atoms with Crippen molar-refractivity contribution in [1.82, 2.24) is 10.6 Å². The molecule has 0 unspecified atom stereocenters. The number of carboxylic acids is 1. The molecule has 0 fully saturated rings. The molecule has 0 bridgehead atoms. The third kappa shape index (κ3) is 18.4. The molecule has 0 aromatic heterocycles. The Morgan fingerprint density at radius 2 is 1.36 bits per heavy atom. The quantitative estimate of drug-likeness (QED) is 0.438. The van der Waals surface area contributed by atoms with E-state index in [1.807, 2.05) is 0 Å². The van der Waals surface area contributed by atoms with Crippen LogP contribution >= 0.6 is 0 Å². The van der Waals surface area contributed by atoms with Crippen LogP contribution in [0.4, 0.5) is 4.79 Å². The standard InChI is InChI=1S/C18H34N2O5/c1-18(2,3)25-17(24)20-14-15(21)19-13-11-9-7-5-4-6-8-10-12-16(22)23/h4-14H2,1-3H3,(H,19,21)(H,20,24)(H,22,23). The first kappa shape index (κ1) is 23.2. The van der Waals surface area contributed by atoms with Crippen LogP contribution in [-0.2, 0) is 14.3 Å². The fourth-order valence-electron chi connectivity index (χ4n) is 2.22. The maximum absolute atomic E-state index is 11.6. The van der Waals surface area contributed by atoms with Gasteiger partial charge in [0.1, 0.15) is 5.60 Å². The number of unbranched alkanes of at least 4 members (excludes halogenated alkanes) is 7. The summed E-state index contributed by atoms with van der Waals surface area (Å²) in [6.07, 6.45) is 7.85. The smallest absolute Gasteiger partial charge is 0.408 e. The molecule has 0 aliphatic heterocycles. The number of ether oxygens (including phenoxy) is 1. The zero-order chi connectivity index (χ0) is 19.1. The normalized spacial score (nSPS) is 11.0. The van der Waals surface area contributed by atoms with Crippen molar-refractivity contribution in [1.29, 1.82) is 0 Å². The van der Waals surface area contributed by atoms with E-state index in [0.717, 1.165) is 51.4 Å². The van der Waals surface area contributed by atoms with E-state index in [1.54, 1.807) is 20.8 Å². The van der Waals surface area contributed by atoms with Gasteiger partial charge < -0.3 is 20.5 Å². The average Bonchev–Trinajstić information content (AvgIpc) is 2.48. The lowest BCUT2D eigenvalue weighted by Crippen LogP contribution is -2.39. The van der Waals surface area contributed by atoms with Gasteiger partial charge in [-0.25, -0.2) is 4.79 Å². The first-order valence-electron chi connectivity index (χ1n) is 9.16. The van der Waals surface area contributed by atoms with E-state index < -0.39 is 17.7 Å². The molecular weight excluding hydrogens is 324 g/mol. The van der Waals surface area contributed by atoms with Crippen molar-refractivity contribution in [3.05, 3.63) is 0 Å².